The van der Waals surface area contributed by atoms with Crippen LogP contribution in [0.2, 0.25) is 5.02 Å². The Kier molecular flexibility index (Phi) is 8.76. The van der Waals surface area contributed by atoms with E-state index in [1.807, 2.05) is 37.3 Å². The molecular weight excluding hydrogens is 416 g/mol. The summed E-state index contributed by atoms with van der Waals surface area (Å²) in [5.41, 5.74) is 1.83. The van der Waals surface area contributed by atoms with Crippen molar-refractivity contribution in [2.45, 2.75) is 13.0 Å². The molecule has 2 aromatic rings. The van der Waals surface area contributed by atoms with Gasteiger partial charge in [0.25, 0.3) is 0 Å². The van der Waals surface area contributed by atoms with Crippen molar-refractivity contribution in [1.82, 2.24) is 10.2 Å². The van der Waals surface area contributed by atoms with Gasteiger partial charge >= 0.3 is 0 Å². The summed E-state index contributed by atoms with van der Waals surface area (Å²) < 4.78 is 16.4. The van der Waals surface area contributed by atoms with E-state index in [2.05, 4.69) is 10.2 Å². The number of carbonyl (C=O) groups excluding carboxylic acids is 1. The molecule has 0 spiro atoms. The van der Waals surface area contributed by atoms with Crippen LogP contribution in [-0.2, 0) is 9.53 Å². The van der Waals surface area contributed by atoms with Gasteiger partial charge in [0.15, 0.2) is 11.5 Å². The second kappa shape index (κ2) is 11.7. The van der Waals surface area contributed by atoms with Crippen molar-refractivity contribution in [2.24, 2.45) is 0 Å². The molecule has 0 saturated carbocycles. The molecule has 0 aromatic heterocycles. The molecule has 1 fully saturated rings. The fraction of sp³-hybridized carbons (Fsp3) is 0.375. The number of ether oxygens (including phenoxy) is 3. The predicted octanol–water partition coefficient (Wildman–Crippen LogP) is 3.95. The molecule has 1 aliphatic heterocycles. The van der Waals surface area contributed by atoms with Crippen LogP contribution < -0.4 is 14.8 Å². The average molecular weight is 445 g/mol. The van der Waals surface area contributed by atoms with Gasteiger partial charge in [-0.2, -0.15) is 0 Å². The maximum absolute atomic E-state index is 12.7. The third-order valence-electron chi connectivity index (χ3n) is 5.03. The molecule has 1 saturated heterocycles. The Bertz CT molecular complexity index is 883. The lowest BCUT2D eigenvalue weighted by Crippen LogP contribution is -2.42. The first-order chi connectivity index (χ1) is 15.1. The van der Waals surface area contributed by atoms with Crippen molar-refractivity contribution in [3.05, 3.63) is 64.7 Å². The van der Waals surface area contributed by atoms with Crippen molar-refractivity contribution < 1.29 is 19.0 Å². The lowest BCUT2D eigenvalue weighted by Gasteiger charge is -2.31. The molecular formula is C24H29ClN2O4. The highest BCUT2D eigenvalue weighted by molar-refractivity contribution is 6.32. The van der Waals surface area contributed by atoms with Crippen LogP contribution in [0.4, 0.5) is 0 Å². The fourth-order valence-corrected chi connectivity index (χ4v) is 3.79. The Balaban J connectivity index is 1.72. The number of nitrogens with zero attached hydrogens (tertiary/aromatic N) is 1. The van der Waals surface area contributed by atoms with E-state index in [1.165, 1.54) is 6.08 Å². The molecule has 1 aliphatic rings. The highest BCUT2D eigenvalue weighted by atomic mass is 35.5. The first-order valence-electron chi connectivity index (χ1n) is 10.4. The highest BCUT2D eigenvalue weighted by Gasteiger charge is 2.19. The van der Waals surface area contributed by atoms with Gasteiger partial charge in [-0.25, -0.2) is 0 Å². The van der Waals surface area contributed by atoms with E-state index < -0.39 is 0 Å². The summed E-state index contributed by atoms with van der Waals surface area (Å²) >= 11 is 6.30. The van der Waals surface area contributed by atoms with Gasteiger partial charge in [-0.15, -0.1) is 0 Å². The van der Waals surface area contributed by atoms with Crippen molar-refractivity contribution in [3.8, 4) is 11.5 Å². The zero-order valence-electron chi connectivity index (χ0n) is 18.0. The summed E-state index contributed by atoms with van der Waals surface area (Å²) in [6, 6.07) is 13.4. The number of hydrogen-bond acceptors (Lipinski definition) is 5. The van der Waals surface area contributed by atoms with Gasteiger partial charge in [0.05, 0.1) is 38.0 Å². The normalized spacial score (nSPS) is 15.6. The van der Waals surface area contributed by atoms with Gasteiger partial charge in [0.1, 0.15) is 0 Å². The number of hydrogen-bond donors (Lipinski definition) is 1. The molecule has 0 bridgehead atoms. The zero-order chi connectivity index (χ0) is 22.1. The average Bonchev–Trinajstić information content (AvgIpc) is 2.79. The highest BCUT2D eigenvalue weighted by Crippen LogP contribution is 2.36. The van der Waals surface area contributed by atoms with Gasteiger partial charge in [-0.3, -0.25) is 9.69 Å². The monoisotopic (exact) mass is 444 g/mol. The minimum absolute atomic E-state index is 0.116. The molecule has 166 valence electrons. The third kappa shape index (κ3) is 6.72. The number of methoxy groups -OCH3 is 1. The van der Waals surface area contributed by atoms with Gasteiger partial charge in [0.2, 0.25) is 5.91 Å². The lowest BCUT2D eigenvalue weighted by molar-refractivity contribution is -0.117. The SMILES string of the molecule is CCOc1cc(/C=C/C(=O)NC(CN2CCOCC2)c2ccccc2)cc(Cl)c1OC. The number of amides is 1. The van der Waals surface area contributed by atoms with Gasteiger partial charge in [-0.05, 0) is 36.3 Å². The van der Waals surface area contributed by atoms with E-state index >= 15 is 0 Å². The van der Waals surface area contributed by atoms with E-state index in [9.17, 15) is 4.79 Å². The van der Waals surface area contributed by atoms with Crippen LogP contribution >= 0.6 is 11.6 Å². The Morgan fingerprint density at radius 2 is 2.00 bits per heavy atom. The van der Waals surface area contributed by atoms with Gasteiger partial charge in [0, 0.05) is 25.7 Å². The number of halogens is 1. The number of benzene rings is 2. The van der Waals surface area contributed by atoms with Crippen molar-refractivity contribution in [1.29, 1.82) is 0 Å². The van der Waals surface area contributed by atoms with Crippen LogP contribution in [0.3, 0.4) is 0 Å². The maximum Gasteiger partial charge on any atom is 0.244 e. The molecule has 3 rings (SSSR count). The molecule has 6 nitrogen and oxygen atoms in total. The first-order valence-corrected chi connectivity index (χ1v) is 10.8. The number of nitrogens with one attached hydrogen (secondary N) is 1. The number of morpholine rings is 1. The van der Waals surface area contributed by atoms with Crippen LogP contribution in [-0.4, -0.2) is 57.4 Å². The lowest BCUT2D eigenvalue weighted by atomic mass is 10.1. The summed E-state index contributed by atoms with van der Waals surface area (Å²) in [4.78, 5) is 15.0. The van der Waals surface area contributed by atoms with Crippen molar-refractivity contribution >= 4 is 23.6 Å². The first kappa shape index (κ1) is 23.1. The van der Waals surface area contributed by atoms with E-state index in [-0.39, 0.29) is 11.9 Å². The van der Waals surface area contributed by atoms with Crippen molar-refractivity contribution in [2.75, 3.05) is 46.6 Å². The van der Waals surface area contributed by atoms with Crippen LogP contribution in [0.25, 0.3) is 6.08 Å². The topological polar surface area (TPSA) is 60.0 Å². The molecule has 7 heteroatoms. The van der Waals surface area contributed by atoms with Crippen LogP contribution in [0, 0.1) is 0 Å². The second-order valence-corrected chi connectivity index (χ2v) is 7.59. The molecule has 1 unspecified atom stereocenters. The third-order valence-corrected chi connectivity index (χ3v) is 5.31. The van der Waals surface area contributed by atoms with E-state index in [0.29, 0.717) is 23.1 Å². The Morgan fingerprint density at radius 3 is 2.68 bits per heavy atom. The summed E-state index contributed by atoms with van der Waals surface area (Å²) in [5.74, 6) is 0.860. The van der Waals surface area contributed by atoms with Gasteiger partial charge in [-0.1, -0.05) is 41.9 Å². The fourth-order valence-electron chi connectivity index (χ4n) is 3.50. The van der Waals surface area contributed by atoms with Crippen LogP contribution in [0.5, 0.6) is 11.5 Å². The summed E-state index contributed by atoms with van der Waals surface area (Å²) in [6.07, 6.45) is 3.24. The quantitative estimate of drug-likeness (QED) is 0.593. The minimum atomic E-state index is -0.174. The second-order valence-electron chi connectivity index (χ2n) is 7.19. The number of carbonyl (C=O) groups is 1. The zero-order valence-corrected chi connectivity index (χ0v) is 18.7. The maximum atomic E-state index is 12.7. The van der Waals surface area contributed by atoms with Crippen LogP contribution in [0.15, 0.2) is 48.5 Å². The molecule has 0 aliphatic carbocycles. The Hall–Kier alpha value is -2.54. The number of rotatable bonds is 9. The van der Waals surface area contributed by atoms with Gasteiger partial charge < -0.3 is 19.5 Å². The largest absolute Gasteiger partial charge is 0.491 e. The van der Waals surface area contributed by atoms with E-state index in [0.717, 1.165) is 44.0 Å². The minimum Gasteiger partial charge on any atom is -0.491 e. The standard InChI is InChI=1S/C24H29ClN2O4/c1-3-31-22-16-18(15-20(25)24(22)29-2)9-10-23(28)26-21(19-7-5-4-6-8-19)17-27-11-13-30-14-12-27/h4-10,15-16,21H,3,11-14,17H2,1-2H3,(H,26,28)/b10-9+. The molecule has 1 N–H and O–H groups in total. The van der Waals surface area contributed by atoms with Crippen molar-refractivity contribution in [3.63, 3.8) is 0 Å². The molecule has 0 radical (unpaired) electrons. The van der Waals surface area contributed by atoms with Crippen LogP contribution in [0.1, 0.15) is 24.1 Å². The Morgan fingerprint density at radius 1 is 1.26 bits per heavy atom. The predicted molar refractivity (Wildman–Crippen MR) is 123 cm³/mol. The van der Waals surface area contributed by atoms with E-state index in [1.54, 1.807) is 25.3 Å². The summed E-state index contributed by atoms with van der Waals surface area (Å²) in [5, 5.41) is 3.56. The summed E-state index contributed by atoms with van der Waals surface area (Å²) in [7, 11) is 1.55. The molecule has 1 heterocycles. The molecule has 1 atom stereocenters. The molecule has 2 aromatic carbocycles. The molecule has 1 amide bonds. The smallest absolute Gasteiger partial charge is 0.244 e. The Labute approximate surface area is 188 Å². The molecule has 31 heavy (non-hydrogen) atoms. The van der Waals surface area contributed by atoms with E-state index in [4.69, 9.17) is 25.8 Å². The summed E-state index contributed by atoms with van der Waals surface area (Å²) in [6.45, 7) is 6.27.